The first-order valence-corrected chi connectivity index (χ1v) is 9.61. The van der Waals surface area contributed by atoms with Gasteiger partial charge in [0.1, 0.15) is 11.5 Å². The number of rotatable bonds is 6. The van der Waals surface area contributed by atoms with Crippen LogP contribution < -0.4 is 20.2 Å². The van der Waals surface area contributed by atoms with Crippen LogP contribution in [0.25, 0.3) is 0 Å². The Morgan fingerprint density at radius 3 is 2.50 bits per heavy atom. The minimum absolute atomic E-state index is 0.0378. The molecule has 1 heterocycles. The molecule has 0 saturated heterocycles. The minimum Gasteiger partial charge on any atom is -0.495 e. The molecule has 1 aromatic heterocycles. The highest BCUT2D eigenvalue weighted by Gasteiger charge is 2.18. The summed E-state index contributed by atoms with van der Waals surface area (Å²) in [4.78, 5) is 36.6. The van der Waals surface area contributed by atoms with Crippen molar-refractivity contribution < 1.29 is 28.3 Å². The van der Waals surface area contributed by atoms with Crippen LogP contribution in [0.15, 0.2) is 70.4 Å². The van der Waals surface area contributed by atoms with Crippen LogP contribution in [0.5, 0.6) is 11.5 Å². The molecular weight excluding hydrogens is 438 g/mol. The molecule has 3 aromatic rings. The molecular formula is C22H18ClN3O6. The molecule has 32 heavy (non-hydrogen) atoms. The van der Waals surface area contributed by atoms with E-state index in [1.165, 1.54) is 25.5 Å². The second kappa shape index (κ2) is 10.3. The highest BCUT2D eigenvalue weighted by molar-refractivity contribution is 6.40. The number of hydrazone groups is 1. The van der Waals surface area contributed by atoms with Crippen molar-refractivity contribution in [3.8, 4) is 11.5 Å². The van der Waals surface area contributed by atoms with Gasteiger partial charge in [-0.1, -0.05) is 23.7 Å². The van der Waals surface area contributed by atoms with E-state index in [9.17, 15) is 14.4 Å². The molecule has 3 rings (SSSR count). The van der Waals surface area contributed by atoms with Crippen LogP contribution >= 0.6 is 11.6 Å². The number of amides is 2. The molecule has 0 spiro atoms. The van der Waals surface area contributed by atoms with Crippen LogP contribution in [-0.2, 0) is 9.59 Å². The maximum Gasteiger partial charge on any atom is 0.379 e. The predicted molar refractivity (Wildman–Crippen MR) is 117 cm³/mol. The van der Waals surface area contributed by atoms with Gasteiger partial charge in [-0.15, -0.1) is 0 Å². The summed E-state index contributed by atoms with van der Waals surface area (Å²) >= 11 is 5.92. The number of nitrogens with one attached hydrogen (secondary N) is 2. The molecule has 0 radical (unpaired) electrons. The summed E-state index contributed by atoms with van der Waals surface area (Å²) in [5.74, 6) is -2.10. The lowest BCUT2D eigenvalue weighted by atomic mass is 10.1. The molecule has 0 atom stereocenters. The Bertz CT molecular complexity index is 1170. The second-order valence-electron chi connectivity index (χ2n) is 6.30. The molecule has 0 fully saturated rings. The van der Waals surface area contributed by atoms with Crippen LogP contribution in [-0.4, -0.2) is 30.6 Å². The van der Waals surface area contributed by atoms with Crippen molar-refractivity contribution in [2.45, 2.75) is 6.92 Å². The Morgan fingerprint density at radius 1 is 1.00 bits per heavy atom. The molecule has 9 nitrogen and oxygen atoms in total. The van der Waals surface area contributed by atoms with Crippen molar-refractivity contribution in [2.24, 2.45) is 5.10 Å². The van der Waals surface area contributed by atoms with Crippen LogP contribution in [0.4, 0.5) is 5.69 Å². The van der Waals surface area contributed by atoms with E-state index >= 15 is 0 Å². The van der Waals surface area contributed by atoms with Gasteiger partial charge < -0.3 is 19.2 Å². The van der Waals surface area contributed by atoms with Gasteiger partial charge in [0, 0.05) is 10.6 Å². The number of carbonyl (C=O) groups excluding carboxylic acids is 3. The summed E-state index contributed by atoms with van der Waals surface area (Å²) in [6.45, 7) is 1.58. The van der Waals surface area contributed by atoms with Crippen LogP contribution in [0.3, 0.4) is 0 Å². The summed E-state index contributed by atoms with van der Waals surface area (Å²) in [5.41, 5.74) is 3.13. The van der Waals surface area contributed by atoms with Gasteiger partial charge in [-0.3, -0.25) is 9.59 Å². The van der Waals surface area contributed by atoms with Crippen LogP contribution in [0.2, 0.25) is 5.02 Å². The molecule has 2 N–H and O–H groups in total. The number of hydrogen-bond acceptors (Lipinski definition) is 7. The smallest absolute Gasteiger partial charge is 0.379 e. The van der Waals surface area contributed by atoms with E-state index in [4.69, 9.17) is 25.5 Å². The van der Waals surface area contributed by atoms with E-state index in [1.807, 2.05) is 0 Å². The highest BCUT2D eigenvalue weighted by Crippen LogP contribution is 2.27. The average molecular weight is 456 g/mol. The van der Waals surface area contributed by atoms with Gasteiger partial charge in [-0.25, -0.2) is 10.2 Å². The number of methoxy groups -OCH3 is 1. The quantitative estimate of drug-likeness (QED) is 0.192. The van der Waals surface area contributed by atoms with Crippen molar-refractivity contribution in [3.05, 3.63) is 77.2 Å². The summed E-state index contributed by atoms with van der Waals surface area (Å²) < 4.78 is 15.5. The Balaban J connectivity index is 1.69. The van der Waals surface area contributed by atoms with Crippen molar-refractivity contribution in [1.82, 2.24) is 5.43 Å². The van der Waals surface area contributed by atoms with Gasteiger partial charge in [-0.05, 0) is 49.4 Å². The summed E-state index contributed by atoms with van der Waals surface area (Å²) in [5, 5.41) is 6.70. The number of furan rings is 1. The number of benzene rings is 2. The molecule has 0 aliphatic rings. The third kappa shape index (κ3) is 5.52. The van der Waals surface area contributed by atoms with Crippen molar-refractivity contribution >= 4 is 40.8 Å². The molecule has 0 bridgehead atoms. The van der Waals surface area contributed by atoms with Crippen molar-refractivity contribution in [3.63, 3.8) is 0 Å². The van der Waals surface area contributed by atoms with Crippen molar-refractivity contribution in [1.29, 1.82) is 0 Å². The number of nitrogens with zero attached hydrogens (tertiary/aromatic N) is 1. The molecule has 0 aliphatic carbocycles. The number of halogens is 1. The van der Waals surface area contributed by atoms with Gasteiger partial charge in [-0.2, -0.15) is 5.10 Å². The molecule has 10 heteroatoms. The number of esters is 1. The Hall–Kier alpha value is -4.11. The lowest BCUT2D eigenvalue weighted by Crippen LogP contribution is -2.33. The van der Waals surface area contributed by atoms with Crippen LogP contribution in [0.1, 0.15) is 23.0 Å². The Morgan fingerprint density at radius 2 is 1.78 bits per heavy atom. The largest absolute Gasteiger partial charge is 0.495 e. The lowest BCUT2D eigenvalue weighted by Gasteiger charge is -2.10. The second-order valence-corrected chi connectivity index (χ2v) is 6.74. The monoisotopic (exact) mass is 455 g/mol. The minimum atomic E-state index is -1.02. The normalized spacial score (nSPS) is 10.9. The molecule has 0 unspecified atom stereocenters. The molecule has 164 valence electrons. The molecule has 0 aliphatic heterocycles. The number of hydrogen-bond donors (Lipinski definition) is 2. The first kappa shape index (κ1) is 22.6. The lowest BCUT2D eigenvalue weighted by molar-refractivity contribution is -0.136. The molecule has 2 aromatic carbocycles. The zero-order valence-corrected chi connectivity index (χ0v) is 17.8. The third-order valence-corrected chi connectivity index (χ3v) is 4.38. The maximum absolute atomic E-state index is 12.2. The Kier molecular flexibility index (Phi) is 7.25. The number of anilines is 1. The first-order chi connectivity index (χ1) is 15.4. The number of carbonyl (C=O) groups is 3. The fourth-order valence-corrected chi connectivity index (χ4v) is 2.77. The third-order valence-electron chi connectivity index (χ3n) is 4.14. The van der Waals surface area contributed by atoms with E-state index in [0.717, 1.165) is 0 Å². The van der Waals surface area contributed by atoms with Gasteiger partial charge in [0.15, 0.2) is 0 Å². The zero-order chi connectivity index (χ0) is 23.1. The van der Waals surface area contributed by atoms with Gasteiger partial charge in [0.05, 0.1) is 24.8 Å². The highest BCUT2D eigenvalue weighted by atomic mass is 35.5. The Labute approximate surface area is 188 Å². The fourth-order valence-electron chi connectivity index (χ4n) is 2.60. The van der Waals surface area contributed by atoms with Crippen LogP contribution in [0, 0.1) is 0 Å². The number of para-hydroxylation sites is 1. The molecule has 2 amide bonds. The topological polar surface area (TPSA) is 119 Å². The summed E-state index contributed by atoms with van der Waals surface area (Å²) in [7, 11) is 1.42. The predicted octanol–water partition coefficient (Wildman–Crippen LogP) is 3.64. The first-order valence-electron chi connectivity index (χ1n) is 9.23. The zero-order valence-electron chi connectivity index (χ0n) is 17.0. The van der Waals surface area contributed by atoms with Gasteiger partial charge in [0.25, 0.3) is 0 Å². The summed E-state index contributed by atoms with van der Waals surface area (Å²) in [6, 6.07) is 14.2. The van der Waals surface area contributed by atoms with Crippen molar-refractivity contribution in [2.75, 3.05) is 12.4 Å². The van der Waals surface area contributed by atoms with E-state index in [-0.39, 0.29) is 17.2 Å². The molecule has 0 saturated carbocycles. The SMILES string of the molecule is COc1ccc(Cl)cc1NC(=O)C(=O)N/N=C(\C)c1ccccc1OC(=O)c1ccco1. The van der Waals surface area contributed by atoms with E-state index in [2.05, 4.69) is 15.8 Å². The van der Waals surface area contributed by atoms with Gasteiger partial charge >= 0.3 is 17.8 Å². The number of ether oxygens (including phenoxy) is 2. The van der Waals surface area contributed by atoms with E-state index < -0.39 is 17.8 Å². The fraction of sp³-hybridized carbons (Fsp3) is 0.0909. The maximum atomic E-state index is 12.2. The average Bonchev–Trinajstić information content (AvgIpc) is 3.33. The summed E-state index contributed by atoms with van der Waals surface area (Å²) in [6.07, 6.45) is 1.36. The standard InChI is InChI=1S/C22H18ClN3O6/c1-13(15-6-3-4-7-17(15)32-22(29)19-8-5-11-31-19)25-26-21(28)20(27)24-16-12-14(23)9-10-18(16)30-2/h3-12H,1-2H3,(H,24,27)(H,26,28)/b25-13+. The van der Waals surface area contributed by atoms with Gasteiger partial charge in [0.2, 0.25) is 5.76 Å². The van der Waals surface area contributed by atoms with E-state index in [1.54, 1.807) is 49.4 Å². The van der Waals surface area contributed by atoms with E-state index in [0.29, 0.717) is 22.0 Å².